The Morgan fingerprint density at radius 2 is 1.64 bits per heavy atom. The average molecular weight is 556 g/mol. The van der Waals surface area contributed by atoms with Gasteiger partial charge in [0.15, 0.2) is 0 Å². The zero-order valence-corrected chi connectivity index (χ0v) is 23.1. The number of nitrogens with two attached hydrogens (primary N) is 1. The number of hydrogen-bond donors (Lipinski definition) is 4. The normalized spacial score (nSPS) is 11.2. The van der Waals surface area contributed by atoms with Crippen LogP contribution in [0.2, 0.25) is 0 Å². The van der Waals surface area contributed by atoms with Crippen molar-refractivity contribution >= 4 is 53.2 Å². The van der Waals surface area contributed by atoms with Crippen molar-refractivity contribution in [3.05, 3.63) is 77.6 Å². The van der Waals surface area contributed by atoms with Gasteiger partial charge in [-0.3, -0.25) is 14.4 Å². The third-order valence-electron chi connectivity index (χ3n) is 5.72. The zero-order valence-electron chi connectivity index (χ0n) is 22.3. The van der Waals surface area contributed by atoms with Crippen LogP contribution >= 0.6 is 12.4 Å². The highest BCUT2D eigenvalue weighted by atomic mass is 35.5. The Hall–Kier alpha value is -4.31. The molecule has 39 heavy (non-hydrogen) atoms. The third-order valence-corrected chi connectivity index (χ3v) is 5.72. The lowest BCUT2D eigenvalue weighted by Crippen LogP contribution is -2.43. The van der Waals surface area contributed by atoms with Crippen molar-refractivity contribution in [3.63, 3.8) is 0 Å². The maximum Gasteiger partial charge on any atom is 0.328 e. The molecule has 0 saturated carbocycles. The quantitative estimate of drug-likeness (QED) is 0.221. The molecule has 3 rings (SSSR count). The number of aromatic nitrogens is 1. The number of carbonyl (C=O) groups is 4. The Balaban J connectivity index is 0.00000533. The number of esters is 1. The second kappa shape index (κ2) is 14.0. The minimum Gasteiger partial charge on any atom is -0.467 e. The van der Waals surface area contributed by atoms with E-state index >= 15 is 0 Å². The van der Waals surface area contributed by atoms with Gasteiger partial charge in [-0.15, -0.1) is 12.4 Å². The molecule has 2 aromatic carbocycles. The molecular weight excluding hydrogens is 522 g/mol. The Labute approximate surface area is 233 Å². The first-order valence-electron chi connectivity index (χ1n) is 12.2. The number of benzene rings is 2. The fourth-order valence-electron chi connectivity index (χ4n) is 3.95. The molecule has 0 spiro atoms. The van der Waals surface area contributed by atoms with Gasteiger partial charge in [-0.05, 0) is 54.3 Å². The number of nitrogens with one attached hydrogen (secondary N) is 3. The van der Waals surface area contributed by atoms with Gasteiger partial charge in [0.2, 0.25) is 5.91 Å². The molecule has 11 heteroatoms. The van der Waals surface area contributed by atoms with Crippen molar-refractivity contribution in [2.75, 3.05) is 23.5 Å². The van der Waals surface area contributed by atoms with E-state index < -0.39 is 12.0 Å². The Morgan fingerprint density at radius 1 is 0.949 bits per heavy atom. The Morgan fingerprint density at radius 3 is 2.31 bits per heavy atom. The molecular formula is C28H34ClN5O5. The molecule has 0 aliphatic heterocycles. The summed E-state index contributed by atoms with van der Waals surface area (Å²) in [4.78, 5) is 50.0. The predicted octanol–water partition coefficient (Wildman–Crippen LogP) is 3.78. The molecule has 0 aliphatic rings. The molecule has 1 heterocycles. The molecule has 0 saturated heterocycles. The lowest BCUT2D eigenvalue weighted by molar-refractivity contribution is -0.145. The van der Waals surface area contributed by atoms with E-state index in [4.69, 9.17) is 10.5 Å². The second-order valence-corrected chi connectivity index (χ2v) is 9.41. The number of amides is 3. The molecule has 0 aliphatic carbocycles. The highest BCUT2D eigenvalue weighted by Gasteiger charge is 2.22. The fraction of sp³-hybridized carbons (Fsp3) is 0.286. The van der Waals surface area contributed by atoms with Crippen molar-refractivity contribution in [2.24, 2.45) is 13.0 Å². The summed E-state index contributed by atoms with van der Waals surface area (Å²) >= 11 is 0. The van der Waals surface area contributed by atoms with Crippen LogP contribution in [0.3, 0.4) is 0 Å². The molecule has 3 aromatic rings. The lowest BCUT2D eigenvalue weighted by Gasteiger charge is -2.18. The van der Waals surface area contributed by atoms with E-state index in [9.17, 15) is 19.2 Å². The SMILES string of the molecule is COC(=O)C(CC(C)C)NC(=O)Cc1cccc(NC(=O)c2cc(NC(=O)c3cccc(N)c3)cn2C)c1.Cl. The summed E-state index contributed by atoms with van der Waals surface area (Å²) in [7, 11) is 2.98. The van der Waals surface area contributed by atoms with Crippen LogP contribution in [0, 0.1) is 5.92 Å². The number of methoxy groups -OCH3 is 1. The number of halogens is 1. The van der Waals surface area contributed by atoms with Crippen LogP contribution in [0.5, 0.6) is 0 Å². The summed E-state index contributed by atoms with van der Waals surface area (Å²) in [6.45, 7) is 3.91. The topological polar surface area (TPSA) is 145 Å². The monoisotopic (exact) mass is 555 g/mol. The number of nitrogens with zero attached hydrogens (tertiary/aromatic N) is 1. The van der Waals surface area contributed by atoms with Crippen LogP contribution in [0.15, 0.2) is 60.8 Å². The maximum atomic E-state index is 12.9. The summed E-state index contributed by atoms with van der Waals surface area (Å²) in [5.41, 5.74) is 8.57. The average Bonchev–Trinajstić information content (AvgIpc) is 3.22. The molecule has 5 N–H and O–H groups in total. The van der Waals surface area contributed by atoms with Crippen molar-refractivity contribution in [1.29, 1.82) is 0 Å². The van der Waals surface area contributed by atoms with Crippen molar-refractivity contribution in [2.45, 2.75) is 32.7 Å². The number of aryl methyl sites for hydroxylation is 1. The largest absolute Gasteiger partial charge is 0.467 e. The summed E-state index contributed by atoms with van der Waals surface area (Å²) in [5, 5.41) is 8.31. The minimum absolute atomic E-state index is 0. The molecule has 1 unspecified atom stereocenters. The second-order valence-electron chi connectivity index (χ2n) is 9.41. The number of rotatable bonds is 10. The van der Waals surface area contributed by atoms with E-state index in [1.807, 2.05) is 13.8 Å². The minimum atomic E-state index is -0.721. The van der Waals surface area contributed by atoms with Gasteiger partial charge in [0.1, 0.15) is 11.7 Å². The van der Waals surface area contributed by atoms with Crippen LogP contribution in [0.1, 0.15) is 46.7 Å². The van der Waals surface area contributed by atoms with Gasteiger partial charge < -0.3 is 31.0 Å². The molecule has 0 fully saturated rings. The highest BCUT2D eigenvalue weighted by molar-refractivity contribution is 6.07. The van der Waals surface area contributed by atoms with Gasteiger partial charge >= 0.3 is 5.97 Å². The summed E-state index contributed by atoms with van der Waals surface area (Å²) in [6.07, 6.45) is 2.13. The van der Waals surface area contributed by atoms with Gasteiger partial charge in [-0.2, -0.15) is 0 Å². The van der Waals surface area contributed by atoms with Crippen LogP contribution in [-0.2, 0) is 27.8 Å². The Kier molecular flexibility index (Phi) is 11.1. The predicted molar refractivity (Wildman–Crippen MR) is 153 cm³/mol. The van der Waals surface area contributed by atoms with E-state index in [-0.39, 0.29) is 42.5 Å². The van der Waals surface area contributed by atoms with Crippen LogP contribution < -0.4 is 21.7 Å². The summed E-state index contributed by atoms with van der Waals surface area (Å²) in [6, 6.07) is 14.3. The molecule has 0 radical (unpaired) electrons. The summed E-state index contributed by atoms with van der Waals surface area (Å²) < 4.78 is 6.40. The number of ether oxygens (including phenoxy) is 1. The van der Waals surface area contributed by atoms with E-state index in [0.717, 1.165) is 0 Å². The van der Waals surface area contributed by atoms with Gasteiger partial charge in [-0.25, -0.2) is 4.79 Å². The molecule has 208 valence electrons. The van der Waals surface area contributed by atoms with E-state index in [1.54, 1.807) is 72.4 Å². The van der Waals surface area contributed by atoms with Crippen LogP contribution in [0.25, 0.3) is 0 Å². The lowest BCUT2D eigenvalue weighted by atomic mass is 10.0. The van der Waals surface area contributed by atoms with Crippen molar-refractivity contribution < 1.29 is 23.9 Å². The van der Waals surface area contributed by atoms with E-state index in [0.29, 0.717) is 40.3 Å². The van der Waals surface area contributed by atoms with E-state index in [2.05, 4.69) is 16.0 Å². The van der Waals surface area contributed by atoms with Gasteiger partial charge in [-0.1, -0.05) is 32.0 Å². The first-order chi connectivity index (χ1) is 18.0. The van der Waals surface area contributed by atoms with Crippen LogP contribution in [0.4, 0.5) is 17.1 Å². The molecule has 1 aromatic heterocycles. The smallest absolute Gasteiger partial charge is 0.328 e. The Bertz CT molecular complexity index is 1340. The maximum absolute atomic E-state index is 12.9. The number of nitrogen functional groups attached to an aromatic ring is 1. The van der Waals surface area contributed by atoms with E-state index in [1.165, 1.54) is 7.11 Å². The highest BCUT2D eigenvalue weighted by Crippen LogP contribution is 2.18. The number of carbonyl (C=O) groups excluding carboxylic acids is 4. The van der Waals surface area contributed by atoms with Gasteiger partial charge in [0, 0.05) is 30.2 Å². The van der Waals surface area contributed by atoms with Crippen molar-refractivity contribution in [3.8, 4) is 0 Å². The van der Waals surface area contributed by atoms with Gasteiger partial charge in [0.25, 0.3) is 11.8 Å². The number of hydrogen-bond acceptors (Lipinski definition) is 6. The van der Waals surface area contributed by atoms with Crippen molar-refractivity contribution in [1.82, 2.24) is 9.88 Å². The van der Waals surface area contributed by atoms with Gasteiger partial charge in [0.05, 0.1) is 19.2 Å². The number of anilines is 3. The first-order valence-corrected chi connectivity index (χ1v) is 12.2. The standard InChI is InChI=1S/C28H33N5O5.ClH/c1-17(2)11-23(28(37)38-4)32-25(34)13-18-7-5-10-21(12-18)30-27(36)24-15-22(16-33(24)3)31-26(35)19-8-6-9-20(29)14-19;/h5-10,12,14-17,23H,11,13,29H2,1-4H3,(H,30,36)(H,31,35)(H,32,34);1H. The zero-order chi connectivity index (χ0) is 27.8. The summed E-state index contributed by atoms with van der Waals surface area (Å²) in [5.74, 6) is -1.35. The fourth-order valence-corrected chi connectivity index (χ4v) is 3.95. The van der Waals surface area contributed by atoms with Crippen LogP contribution in [-0.4, -0.2) is 41.4 Å². The molecule has 0 bridgehead atoms. The third kappa shape index (κ3) is 8.89. The molecule has 1 atom stereocenters. The first kappa shape index (κ1) is 30.9. The molecule has 3 amide bonds. The molecule has 10 nitrogen and oxygen atoms in total.